The van der Waals surface area contributed by atoms with E-state index in [4.69, 9.17) is 4.74 Å². The van der Waals surface area contributed by atoms with Gasteiger partial charge in [-0.3, -0.25) is 0 Å². The van der Waals surface area contributed by atoms with E-state index >= 15 is 0 Å². The first-order valence-corrected chi connectivity index (χ1v) is 11.1. The number of piperidine rings is 1. The van der Waals surface area contributed by atoms with Crippen molar-refractivity contribution in [1.82, 2.24) is 19.6 Å². The number of rotatable bonds is 5. The predicted octanol–water partition coefficient (Wildman–Crippen LogP) is 4.15. The van der Waals surface area contributed by atoms with Crippen molar-refractivity contribution in [1.29, 1.82) is 0 Å². The van der Waals surface area contributed by atoms with Gasteiger partial charge in [0, 0.05) is 25.3 Å². The molecule has 1 unspecified atom stereocenters. The Labute approximate surface area is 181 Å². The van der Waals surface area contributed by atoms with Crippen molar-refractivity contribution in [3.8, 4) is 5.75 Å². The van der Waals surface area contributed by atoms with Gasteiger partial charge in [0.05, 0.1) is 11.2 Å². The molecule has 7 nitrogen and oxygen atoms in total. The topological polar surface area (TPSA) is 67.6 Å². The van der Waals surface area contributed by atoms with Gasteiger partial charge in [-0.05, 0) is 50.7 Å². The average Bonchev–Trinajstić information content (AvgIpc) is 3.38. The van der Waals surface area contributed by atoms with E-state index in [2.05, 4.69) is 25.3 Å². The third-order valence-corrected chi connectivity index (χ3v) is 7.12. The van der Waals surface area contributed by atoms with Crippen LogP contribution in [0.1, 0.15) is 24.8 Å². The summed E-state index contributed by atoms with van der Waals surface area (Å²) in [7, 11) is 0. The smallest absolute Gasteiger partial charge is 0.425 e. The van der Waals surface area contributed by atoms with E-state index in [1.54, 1.807) is 23.6 Å². The van der Waals surface area contributed by atoms with Crippen molar-refractivity contribution in [3.05, 3.63) is 29.5 Å². The molecule has 1 aliphatic heterocycles. The van der Waals surface area contributed by atoms with E-state index in [9.17, 15) is 13.2 Å². The van der Waals surface area contributed by atoms with Crippen LogP contribution in [0.25, 0.3) is 5.65 Å². The normalized spacial score (nSPS) is 24.5. The number of anilines is 2. The minimum Gasteiger partial charge on any atom is -0.477 e. The molecule has 0 radical (unpaired) electrons. The van der Waals surface area contributed by atoms with Crippen LogP contribution in [0.4, 0.5) is 24.1 Å². The number of nitrogens with one attached hydrogen (secondary N) is 1. The van der Waals surface area contributed by atoms with Gasteiger partial charge in [-0.2, -0.15) is 18.2 Å². The number of alkyl halides is 3. The maximum Gasteiger partial charge on any atom is 0.425 e. The summed E-state index contributed by atoms with van der Waals surface area (Å²) in [6.45, 7) is 4.88. The number of hydrogen-bond donors (Lipinski definition) is 1. The lowest BCUT2D eigenvalue weighted by atomic mass is 9.92. The fourth-order valence-corrected chi connectivity index (χ4v) is 5.37. The van der Waals surface area contributed by atoms with Crippen LogP contribution in [-0.2, 0) is 0 Å². The molecule has 3 aromatic rings. The summed E-state index contributed by atoms with van der Waals surface area (Å²) < 4.78 is 45.3. The maximum absolute atomic E-state index is 12.9. The second-order valence-corrected chi connectivity index (χ2v) is 9.48. The van der Waals surface area contributed by atoms with E-state index in [0.29, 0.717) is 17.8 Å². The van der Waals surface area contributed by atoms with Crippen LogP contribution in [0.2, 0.25) is 0 Å². The Hall–Kier alpha value is -2.56. The highest BCUT2D eigenvalue weighted by atomic mass is 32.1. The molecule has 4 atom stereocenters. The fraction of sp³-hybridized carbons (Fsp3) is 0.550. The Morgan fingerprint density at radius 1 is 1.26 bits per heavy atom. The Morgan fingerprint density at radius 3 is 2.65 bits per heavy atom. The summed E-state index contributed by atoms with van der Waals surface area (Å²) in [4.78, 5) is 11.2. The summed E-state index contributed by atoms with van der Waals surface area (Å²) in [6, 6.07) is 3.32. The van der Waals surface area contributed by atoms with Crippen LogP contribution < -0.4 is 15.0 Å². The zero-order valence-electron chi connectivity index (χ0n) is 17.1. The van der Waals surface area contributed by atoms with Gasteiger partial charge in [0.1, 0.15) is 5.00 Å². The van der Waals surface area contributed by atoms with Crippen molar-refractivity contribution < 1.29 is 17.9 Å². The molecule has 2 bridgehead atoms. The summed E-state index contributed by atoms with van der Waals surface area (Å²) in [5.74, 6) is 1.38. The second kappa shape index (κ2) is 7.54. The zero-order chi connectivity index (χ0) is 21.8. The first kappa shape index (κ1) is 20.3. The van der Waals surface area contributed by atoms with Crippen LogP contribution >= 0.6 is 11.3 Å². The van der Waals surface area contributed by atoms with E-state index in [0.717, 1.165) is 37.9 Å². The number of thiazole rings is 1. The van der Waals surface area contributed by atoms with Crippen LogP contribution in [-0.4, -0.2) is 51.0 Å². The zero-order valence-corrected chi connectivity index (χ0v) is 18.0. The number of aryl methyl sites for hydroxylation is 1. The van der Waals surface area contributed by atoms with Crippen LogP contribution in [0.3, 0.4) is 0 Å². The van der Waals surface area contributed by atoms with Crippen molar-refractivity contribution in [2.24, 2.45) is 11.8 Å². The minimum atomic E-state index is -4.45. The quantitative estimate of drug-likeness (QED) is 0.627. The van der Waals surface area contributed by atoms with Crippen LogP contribution in [0.15, 0.2) is 24.5 Å². The molecule has 31 heavy (non-hydrogen) atoms. The second-order valence-electron chi connectivity index (χ2n) is 8.27. The molecule has 0 aromatic carbocycles. The fourth-order valence-electron chi connectivity index (χ4n) is 4.58. The molecule has 1 N–H and O–H groups in total. The number of hydrogen-bond acceptors (Lipinski definition) is 7. The van der Waals surface area contributed by atoms with E-state index < -0.39 is 12.3 Å². The molecule has 1 saturated carbocycles. The summed E-state index contributed by atoms with van der Waals surface area (Å²) in [5.41, 5.74) is 0.269. The molecule has 2 aliphatic rings. The molecular weight excluding hydrogens is 429 g/mol. The monoisotopic (exact) mass is 452 g/mol. The number of nitrogens with zero attached hydrogens (tertiary/aromatic N) is 5. The molecule has 0 amide bonds. The van der Waals surface area contributed by atoms with Gasteiger partial charge in [0.25, 0.3) is 0 Å². The number of halogens is 3. The SMILES string of the molecule is Cc1ncc(N2C[C@H]3CC[C@@H](C2)[C@@H]3Nc2nc3c(OC(C)C(F)(F)F)cccn3n2)s1. The number of aromatic nitrogens is 4. The van der Waals surface area contributed by atoms with Crippen LogP contribution in [0.5, 0.6) is 5.75 Å². The largest absolute Gasteiger partial charge is 0.477 e. The number of ether oxygens (including phenoxy) is 1. The standard InChI is InChI=1S/C20H23F3N6OS/c1-11(20(21,22)23)30-15-4-3-7-29-18(15)26-19(27-29)25-17-13-5-6-14(17)10-28(9-13)16-8-24-12(2)31-16/h3-4,7-8,11,13-14,17H,5-6,9-10H2,1-2H3,(H,25,27)/t11?,13-,14+,17-. The first-order chi connectivity index (χ1) is 14.8. The van der Waals surface area contributed by atoms with Crippen molar-refractivity contribution >= 4 is 27.9 Å². The van der Waals surface area contributed by atoms with Gasteiger partial charge < -0.3 is 15.0 Å². The van der Waals surface area contributed by atoms with Crippen molar-refractivity contribution in [2.45, 2.75) is 45.0 Å². The average molecular weight is 453 g/mol. The molecule has 1 saturated heterocycles. The van der Waals surface area contributed by atoms with E-state index in [-0.39, 0.29) is 17.4 Å². The van der Waals surface area contributed by atoms with Crippen molar-refractivity contribution in [2.75, 3.05) is 23.3 Å². The third-order valence-electron chi connectivity index (χ3n) is 6.14. The lowest BCUT2D eigenvalue weighted by Crippen LogP contribution is -2.48. The van der Waals surface area contributed by atoms with E-state index in [1.165, 1.54) is 15.6 Å². The van der Waals surface area contributed by atoms with Gasteiger partial charge in [-0.1, -0.05) is 0 Å². The highest BCUT2D eigenvalue weighted by Gasteiger charge is 2.43. The van der Waals surface area contributed by atoms with Crippen molar-refractivity contribution in [3.63, 3.8) is 0 Å². The van der Waals surface area contributed by atoms with Crippen LogP contribution in [0, 0.1) is 18.8 Å². The molecule has 4 heterocycles. The molecule has 0 spiro atoms. The third kappa shape index (κ3) is 3.90. The highest BCUT2D eigenvalue weighted by Crippen LogP contribution is 2.41. The highest BCUT2D eigenvalue weighted by molar-refractivity contribution is 7.15. The molecule has 2 fully saturated rings. The first-order valence-electron chi connectivity index (χ1n) is 10.3. The maximum atomic E-state index is 12.9. The lowest BCUT2D eigenvalue weighted by Gasteiger charge is -2.38. The lowest BCUT2D eigenvalue weighted by molar-refractivity contribution is -0.189. The molecule has 5 rings (SSSR count). The molecule has 11 heteroatoms. The number of fused-ring (bicyclic) bond motifs is 3. The Morgan fingerprint density at radius 2 is 2.00 bits per heavy atom. The van der Waals surface area contributed by atoms with Gasteiger partial charge in [0.2, 0.25) is 5.95 Å². The van der Waals surface area contributed by atoms with Gasteiger partial charge in [0.15, 0.2) is 17.5 Å². The Balaban J connectivity index is 1.33. The van der Waals surface area contributed by atoms with Gasteiger partial charge >= 0.3 is 6.18 Å². The summed E-state index contributed by atoms with van der Waals surface area (Å²) >= 11 is 1.71. The predicted molar refractivity (Wildman–Crippen MR) is 112 cm³/mol. The van der Waals surface area contributed by atoms with E-state index in [1.807, 2.05) is 13.1 Å². The molecule has 166 valence electrons. The Kier molecular flexibility index (Phi) is 4.95. The number of pyridine rings is 1. The molecule has 1 aliphatic carbocycles. The molecular formula is C20H23F3N6OS. The minimum absolute atomic E-state index is 0.0613. The summed E-state index contributed by atoms with van der Waals surface area (Å²) in [5, 5.41) is 10.2. The molecule has 3 aromatic heterocycles. The summed E-state index contributed by atoms with van der Waals surface area (Å²) in [6.07, 6.45) is -0.523. The van der Waals surface area contributed by atoms with Gasteiger partial charge in [-0.25, -0.2) is 9.50 Å². The Bertz CT molecular complexity index is 1070. The van der Waals surface area contributed by atoms with Gasteiger partial charge in [-0.15, -0.1) is 16.4 Å².